The summed E-state index contributed by atoms with van der Waals surface area (Å²) in [6, 6.07) is 15.4. The molecule has 2 fully saturated rings. The summed E-state index contributed by atoms with van der Waals surface area (Å²) in [5.74, 6) is 1.04. The number of benzene rings is 2. The van der Waals surface area contributed by atoms with Crippen molar-refractivity contribution in [3.63, 3.8) is 0 Å². The van der Waals surface area contributed by atoms with Crippen LogP contribution in [0.2, 0.25) is 0 Å². The molecule has 0 saturated carbocycles. The third kappa shape index (κ3) is 7.82. The molecule has 0 unspecified atom stereocenters. The first-order chi connectivity index (χ1) is 26.0. The molecule has 4 aromatic rings. The number of H-pyrrole nitrogens is 2. The number of imidazole rings is 2. The van der Waals surface area contributed by atoms with Gasteiger partial charge in [-0.15, -0.1) is 0 Å². The minimum Gasteiger partial charge on any atom is -0.453 e. The number of hydrogen-bond acceptors (Lipinski definition) is 8. The fourth-order valence-electron chi connectivity index (χ4n) is 7.36. The molecule has 0 radical (unpaired) electrons. The largest absolute Gasteiger partial charge is 0.453 e. The van der Waals surface area contributed by atoms with E-state index in [0.29, 0.717) is 19.5 Å². The second-order valence-corrected chi connectivity index (χ2v) is 14.5. The predicted octanol–water partition coefficient (Wildman–Crippen LogP) is 6.37. The van der Waals surface area contributed by atoms with E-state index in [2.05, 4.69) is 54.8 Å². The number of nitrogens with zero attached hydrogens (tertiary/aromatic N) is 4. The lowest BCUT2D eigenvalue weighted by Crippen LogP contribution is -2.57. The lowest BCUT2D eigenvalue weighted by Gasteiger charge is -2.34. The summed E-state index contributed by atoms with van der Waals surface area (Å²) < 4.78 is 9.52. The maximum atomic E-state index is 13.6. The van der Waals surface area contributed by atoms with Gasteiger partial charge in [-0.2, -0.15) is 0 Å². The number of likely N-dealkylation sites (tertiary alicyclic amines) is 2. The molecule has 2 aromatic heterocycles. The average Bonchev–Trinajstić information content (AvgIpc) is 4.03. The fraction of sp³-hybridized carbons (Fsp3) is 0.450. The lowest BCUT2D eigenvalue weighted by molar-refractivity contribution is -0.139. The van der Waals surface area contributed by atoms with Crippen molar-refractivity contribution in [2.45, 2.75) is 83.5 Å². The van der Waals surface area contributed by atoms with E-state index in [4.69, 9.17) is 9.47 Å². The van der Waals surface area contributed by atoms with Crippen LogP contribution in [-0.2, 0) is 19.1 Å². The smallest absolute Gasteiger partial charge is 0.407 e. The maximum Gasteiger partial charge on any atom is 0.407 e. The van der Waals surface area contributed by atoms with Gasteiger partial charge in [0.2, 0.25) is 11.8 Å². The van der Waals surface area contributed by atoms with Gasteiger partial charge in [0.25, 0.3) is 0 Å². The summed E-state index contributed by atoms with van der Waals surface area (Å²) in [6.07, 6.45) is 6.01. The number of nitrogens with one attached hydrogen (secondary N) is 4. The zero-order valence-corrected chi connectivity index (χ0v) is 31.8. The molecule has 6 rings (SSSR count). The number of amides is 4. The number of aromatic nitrogens is 4. The number of alkyl carbamates (subject to hydrolysis) is 2. The SMILES string of the molecule is CC[C@@](C)(NC(=O)OC)C(=O)N1CCC[C@H]1c1ncc(-c2ccc(-c3ccc(-c4cnc([C@@H]5CCCN5C(=O)[C@H](NC(=O)OC)C(C)C)[nH]4)cc3)cc2)[nH]1. The van der Waals surface area contributed by atoms with Gasteiger partial charge >= 0.3 is 12.2 Å². The van der Waals surface area contributed by atoms with Gasteiger partial charge in [0.15, 0.2) is 0 Å². The van der Waals surface area contributed by atoms with E-state index < -0.39 is 23.8 Å². The van der Waals surface area contributed by atoms with E-state index >= 15 is 0 Å². The Hall–Kier alpha value is -5.66. The zero-order chi connectivity index (χ0) is 38.6. The van der Waals surface area contributed by atoms with Crippen LogP contribution in [0.25, 0.3) is 33.6 Å². The molecular weight excluding hydrogens is 688 g/mol. The Bertz CT molecular complexity index is 1950. The van der Waals surface area contributed by atoms with E-state index in [1.54, 1.807) is 29.1 Å². The van der Waals surface area contributed by atoms with Crippen molar-refractivity contribution in [3.8, 4) is 33.6 Å². The Balaban J connectivity index is 1.11. The molecule has 54 heavy (non-hydrogen) atoms. The number of methoxy groups -OCH3 is 2. The monoisotopic (exact) mass is 738 g/mol. The van der Waals surface area contributed by atoms with Crippen molar-refractivity contribution >= 4 is 24.0 Å². The minimum atomic E-state index is -1.08. The summed E-state index contributed by atoms with van der Waals surface area (Å²) in [5, 5.41) is 5.41. The second kappa shape index (κ2) is 16.1. The first-order valence-corrected chi connectivity index (χ1v) is 18.6. The van der Waals surface area contributed by atoms with Crippen LogP contribution in [0.5, 0.6) is 0 Å². The van der Waals surface area contributed by atoms with Crippen LogP contribution in [-0.4, -0.2) is 92.6 Å². The quantitative estimate of drug-likeness (QED) is 0.137. The Labute approximate surface area is 315 Å². The van der Waals surface area contributed by atoms with E-state index in [9.17, 15) is 19.2 Å². The molecule has 2 aliphatic heterocycles. The van der Waals surface area contributed by atoms with E-state index in [1.807, 2.05) is 45.0 Å². The first-order valence-electron chi connectivity index (χ1n) is 18.6. The highest BCUT2D eigenvalue weighted by atomic mass is 16.5. The zero-order valence-electron chi connectivity index (χ0n) is 31.8. The van der Waals surface area contributed by atoms with Crippen LogP contribution in [0.1, 0.15) is 83.5 Å². The molecule has 0 bridgehead atoms. The molecule has 0 spiro atoms. The van der Waals surface area contributed by atoms with Gasteiger partial charge in [-0.1, -0.05) is 69.3 Å². The molecule has 2 saturated heterocycles. The normalized spacial score (nSPS) is 18.6. The van der Waals surface area contributed by atoms with Gasteiger partial charge < -0.3 is 39.9 Å². The summed E-state index contributed by atoms with van der Waals surface area (Å²) in [7, 11) is 2.58. The third-order valence-electron chi connectivity index (χ3n) is 10.7. The van der Waals surface area contributed by atoms with Gasteiger partial charge in [-0.05, 0) is 67.2 Å². The molecular formula is C40H50N8O6. The molecule has 4 amide bonds. The molecule has 2 aromatic carbocycles. The van der Waals surface area contributed by atoms with Gasteiger partial charge in [0.1, 0.15) is 23.2 Å². The molecule has 4 atom stereocenters. The topological polar surface area (TPSA) is 175 Å². The summed E-state index contributed by atoms with van der Waals surface area (Å²) in [5.41, 5.74) is 4.69. The number of carbonyl (C=O) groups is 4. The van der Waals surface area contributed by atoms with Crippen LogP contribution in [0.4, 0.5) is 9.59 Å². The Morgan fingerprint density at radius 1 is 0.778 bits per heavy atom. The lowest BCUT2D eigenvalue weighted by atomic mass is 9.96. The highest BCUT2D eigenvalue weighted by molar-refractivity contribution is 5.90. The highest BCUT2D eigenvalue weighted by Gasteiger charge is 2.42. The Kier molecular flexibility index (Phi) is 11.4. The molecule has 0 aliphatic carbocycles. The second-order valence-electron chi connectivity index (χ2n) is 14.5. The van der Waals surface area contributed by atoms with Crippen molar-refractivity contribution in [3.05, 3.63) is 72.6 Å². The van der Waals surface area contributed by atoms with E-state index in [1.165, 1.54) is 14.2 Å². The number of ether oxygens (including phenoxy) is 2. The van der Waals surface area contributed by atoms with Crippen molar-refractivity contribution in [2.75, 3.05) is 27.3 Å². The first kappa shape index (κ1) is 38.1. The number of carbonyl (C=O) groups excluding carboxylic acids is 4. The maximum absolute atomic E-state index is 13.6. The van der Waals surface area contributed by atoms with Gasteiger partial charge in [-0.25, -0.2) is 19.6 Å². The minimum absolute atomic E-state index is 0.104. The van der Waals surface area contributed by atoms with E-state index in [0.717, 1.165) is 71.0 Å². The number of rotatable bonds is 11. The van der Waals surface area contributed by atoms with Crippen LogP contribution in [0.15, 0.2) is 60.9 Å². The van der Waals surface area contributed by atoms with Crippen molar-refractivity contribution in [1.29, 1.82) is 0 Å². The van der Waals surface area contributed by atoms with Crippen LogP contribution < -0.4 is 10.6 Å². The molecule has 14 heteroatoms. The standard InChI is InChI=1S/C40H50N8O6/c1-7-40(4,46-39(52)54-6)37(50)48-21-9-11-32(48)35-42-23-30(44-35)28-18-14-26(15-19-28)25-12-16-27(17-13-25)29-22-41-34(43-29)31-10-8-20-47(31)36(49)33(24(2)3)45-38(51)53-5/h12-19,22-24,31-33H,7-11,20-21H2,1-6H3,(H,41,43)(H,42,44)(H,45,51)(H,46,52)/t31-,32-,33+,40+/m0/s1. The Morgan fingerprint density at radius 3 is 1.70 bits per heavy atom. The fourth-order valence-corrected chi connectivity index (χ4v) is 7.36. The van der Waals surface area contributed by atoms with Gasteiger partial charge in [0.05, 0.1) is 50.1 Å². The van der Waals surface area contributed by atoms with Crippen LogP contribution >= 0.6 is 0 Å². The molecule has 286 valence electrons. The number of hydrogen-bond donors (Lipinski definition) is 4. The van der Waals surface area contributed by atoms with Crippen LogP contribution in [0.3, 0.4) is 0 Å². The number of aromatic amines is 2. The van der Waals surface area contributed by atoms with Crippen molar-refractivity contribution in [2.24, 2.45) is 5.92 Å². The predicted molar refractivity (Wildman–Crippen MR) is 203 cm³/mol. The highest BCUT2D eigenvalue weighted by Crippen LogP contribution is 2.36. The van der Waals surface area contributed by atoms with Crippen LogP contribution in [0, 0.1) is 5.92 Å². The van der Waals surface area contributed by atoms with Crippen molar-refractivity contribution < 1.29 is 28.7 Å². The average molecular weight is 739 g/mol. The van der Waals surface area contributed by atoms with Gasteiger partial charge in [-0.3, -0.25) is 9.59 Å². The molecule has 2 aliphatic rings. The Morgan fingerprint density at radius 2 is 1.24 bits per heavy atom. The molecule has 4 heterocycles. The van der Waals surface area contributed by atoms with Gasteiger partial charge in [0, 0.05) is 13.1 Å². The summed E-state index contributed by atoms with van der Waals surface area (Å²) >= 11 is 0. The van der Waals surface area contributed by atoms with E-state index in [-0.39, 0.29) is 29.8 Å². The van der Waals surface area contributed by atoms with Crippen molar-refractivity contribution in [1.82, 2.24) is 40.4 Å². The molecule has 4 N–H and O–H groups in total. The summed E-state index contributed by atoms with van der Waals surface area (Å²) in [4.78, 5) is 70.9. The molecule has 14 nitrogen and oxygen atoms in total. The third-order valence-corrected chi connectivity index (χ3v) is 10.7. The summed E-state index contributed by atoms with van der Waals surface area (Å²) in [6.45, 7) is 8.57.